The molecule has 2 rings (SSSR count). The normalized spacial score (nSPS) is 20.5. The summed E-state index contributed by atoms with van der Waals surface area (Å²) in [6.45, 7) is 3.30. The number of hydrogen-bond donors (Lipinski definition) is 0. The molecule has 2 heterocycles. The Kier molecular flexibility index (Phi) is 2.96. The summed E-state index contributed by atoms with van der Waals surface area (Å²) < 4.78 is 14.7. The van der Waals surface area contributed by atoms with Gasteiger partial charge in [0.15, 0.2) is 5.82 Å². The minimum absolute atomic E-state index is 0.0845. The first kappa shape index (κ1) is 10.1. The van der Waals surface area contributed by atoms with E-state index in [1.54, 1.807) is 6.92 Å². The fourth-order valence-corrected chi connectivity index (χ4v) is 1.41. The Morgan fingerprint density at radius 1 is 1.67 bits per heavy atom. The fourth-order valence-electron chi connectivity index (χ4n) is 1.41. The largest absolute Gasteiger partial charge is 0.459 e. The van der Waals surface area contributed by atoms with Gasteiger partial charge in [-0.1, -0.05) is 5.16 Å². The molecule has 0 spiro atoms. The van der Waals surface area contributed by atoms with E-state index in [0.29, 0.717) is 25.6 Å². The molecule has 6 nitrogen and oxygen atoms in total. The molecule has 1 atom stereocenters. The highest BCUT2D eigenvalue weighted by Crippen LogP contribution is 2.22. The van der Waals surface area contributed by atoms with Crippen LogP contribution in [0.15, 0.2) is 4.52 Å². The molecule has 1 fully saturated rings. The molecule has 0 radical (unpaired) electrons. The first-order chi connectivity index (χ1) is 7.31. The van der Waals surface area contributed by atoms with Crippen LogP contribution in [0, 0.1) is 0 Å². The van der Waals surface area contributed by atoms with Gasteiger partial charge in [0, 0.05) is 12.5 Å². The van der Waals surface area contributed by atoms with Crippen molar-refractivity contribution in [3.8, 4) is 0 Å². The maximum atomic E-state index is 11.2. The zero-order valence-electron chi connectivity index (χ0n) is 8.43. The number of nitrogens with zero attached hydrogens (tertiary/aromatic N) is 2. The van der Waals surface area contributed by atoms with Crippen LogP contribution >= 0.6 is 0 Å². The summed E-state index contributed by atoms with van der Waals surface area (Å²) in [6.07, 6.45) is 0.863. The topological polar surface area (TPSA) is 74.5 Å². The van der Waals surface area contributed by atoms with Crippen LogP contribution in [0.1, 0.15) is 35.8 Å². The van der Waals surface area contributed by atoms with Gasteiger partial charge in [-0.15, -0.1) is 0 Å². The van der Waals surface area contributed by atoms with Crippen LogP contribution in [0.5, 0.6) is 0 Å². The van der Waals surface area contributed by atoms with E-state index in [0.717, 1.165) is 6.42 Å². The number of hydrogen-bond acceptors (Lipinski definition) is 6. The molecule has 1 aliphatic heterocycles. The highest BCUT2D eigenvalue weighted by Gasteiger charge is 2.25. The van der Waals surface area contributed by atoms with Crippen LogP contribution in [-0.2, 0) is 9.47 Å². The summed E-state index contributed by atoms with van der Waals surface area (Å²) in [4.78, 5) is 15.2. The molecule has 0 saturated carbocycles. The Balaban J connectivity index is 2.06. The lowest BCUT2D eigenvalue weighted by Gasteiger charge is -1.97. The van der Waals surface area contributed by atoms with Gasteiger partial charge in [-0.05, 0) is 13.3 Å². The van der Waals surface area contributed by atoms with Crippen molar-refractivity contribution in [1.82, 2.24) is 10.1 Å². The van der Waals surface area contributed by atoms with Crippen molar-refractivity contribution in [2.45, 2.75) is 19.3 Å². The van der Waals surface area contributed by atoms with E-state index in [-0.39, 0.29) is 11.8 Å². The van der Waals surface area contributed by atoms with Crippen LogP contribution in [0.25, 0.3) is 0 Å². The lowest BCUT2D eigenvalue weighted by atomic mass is 10.1. The lowest BCUT2D eigenvalue weighted by molar-refractivity contribution is 0.0470. The summed E-state index contributed by atoms with van der Waals surface area (Å²) in [6, 6.07) is 0. The van der Waals surface area contributed by atoms with E-state index < -0.39 is 5.97 Å². The maximum Gasteiger partial charge on any atom is 0.397 e. The monoisotopic (exact) mass is 212 g/mol. The number of rotatable bonds is 3. The summed E-state index contributed by atoms with van der Waals surface area (Å²) in [5, 5.41) is 3.73. The zero-order chi connectivity index (χ0) is 10.7. The Morgan fingerprint density at radius 3 is 3.20 bits per heavy atom. The SMILES string of the molecule is CCOC(=O)c1nc(C2CCOC2)no1. The number of carbonyl (C=O) groups excluding carboxylic acids is 1. The molecule has 15 heavy (non-hydrogen) atoms. The minimum atomic E-state index is -0.574. The maximum absolute atomic E-state index is 11.2. The second-order valence-electron chi connectivity index (χ2n) is 3.24. The number of ether oxygens (including phenoxy) is 2. The summed E-state index contributed by atoms with van der Waals surface area (Å²) >= 11 is 0. The van der Waals surface area contributed by atoms with Gasteiger partial charge in [-0.2, -0.15) is 4.98 Å². The van der Waals surface area contributed by atoms with Crippen LogP contribution in [-0.4, -0.2) is 35.9 Å². The zero-order valence-corrected chi connectivity index (χ0v) is 8.43. The van der Waals surface area contributed by atoms with E-state index in [9.17, 15) is 4.79 Å². The highest BCUT2D eigenvalue weighted by atomic mass is 16.6. The van der Waals surface area contributed by atoms with Crippen molar-refractivity contribution in [3.05, 3.63) is 11.7 Å². The first-order valence-electron chi connectivity index (χ1n) is 4.89. The van der Waals surface area contributed by atoms with Crippen LogP contribution in [0.3, 0.4) is 0 Å². The van der Waals surface area contributed by atoms with E-state index in [1.165, 1.54) is 0 Å². The minimum Gasteiger partial charge on any atom is -0.459 e. The van der Waals surface area contributed by atoms with E-state index in [2.05, 4.69) is 10.1 Å². The molecule has 1 aromatic rings. The molecule has 0 bridgehead atoms. The molecule has 0 aromatic carbocycles. The fraction of sp³-hybridized carbons (Fsp3) is 0.667. The van der Waals surface area contributed by atoms with Crippen molar-refractivity contribution >= 4 is 5.97 Å². The first-order valence-corrected chi connectivity index (χ1v) is 4.89. The molecule has 1 aromatic heterocycles. The van der Waals surface area contributed by atoms with Crippen molar-refractivity contribution in [2.24, 2.45) is 0 Å². The number of carbonyl (C=O) groups is 1. The van der Waals surface area contributed by atoms with Gasteiger partial charge in [-0.25, -0.2) is 4.79 Å². The average Bonchev–Trinajstić information content (AvgIpc) is 2.89. The average molecular weight is 212 g/mol. The van der Waals surface area contributed by atoms with E-state index >= 15 is 0 Å². The molecule has 0 N–H and O–H groups in total. The summed E-state index contributed by atoms with van der Waals surface area (Å²) in [5.41, 5.74) is 0. The molecule has 1 saturated heterocycles. The molecule has 0 amide bonds. The quantitative estimate of drug-likeness (QED) is 0.688. The standard InChI is InChI=1S/C9H12N2O4/c1-2-14-9(12)8-10-7(11-15-8)6-3-4-13-5-6/h6H,2-5H2,1H3. The van der Waals surface area contributed by atoms with E-state index in [4.69, 9.17) is 14.0 Å². The van der Waals surface area contributed by atoms with Crippen LogP contribution < -0.4 is 0 Å². The van der Waals surface area contributed by atoms with Gasteiger partial charge >= 0.3 is 11.9 Å². The van der Waals surface area contributed by atoms with Crippen molar-refractivity contribution < 1.29 is 18.8 Å². The van der Waals surface area contributed by atoms with Crippen molar-refractivity contribution in [1.29, 1.82) is 0 Å². The third-order valence-electron chi connectivity index (χ3n) is 2.19. The predicted octanol–water partition coefficient (Wildman–Crippen LogP) is 0.750. The van der Waals surface area contributed by atoms with Crippen LogP contribution in [0.2, 0.25) is 0 Å². The number of aromatic nitrogens is 2. The van der Waals surface area contributed by atoms with Gasteiger partial charge in [-0.3, -0.25) is 0 Å². The van der Waals surface area contributed by atoms with E-state index in [1.807, 2.05) is 0 Å². The Bertz CT molecular complexity index is 344. The summed E-state index contributed by atoms with van der Waals surface area (Å²) in [7, 11) is 0. The van der Waals surface area contributed by atoms with Gasteiger partial charge in [0.05, 0.1) is 13.2 Å². The van der Waals surface area contributed by atoms with Crippen LogP contribution in [0.4, 0.5) is 0 Å². The molecule has 0 aliphatic carbocycles. The Labute approximate surface area is 86.6 Å². The van der Waals surface area contributed by atoms with Gasteiger partial charge in [0.2, 0.25) is 0 Å². The Hall–Kier alpha value is -1.43. The van der Waals surface area contributed by atoms with Gasteiger partial charge in [0.25, 0.3) is 0 Å². The molecule has 1 unspecified atom stereocenters. The second-order valence-corrected chi connectivity index (χ2v) is 3.24. The molecular weight excluding hydrogens is 200 g/mol. The molecule has 6 heteroatoms. The van der Waals surface area contributed by atoms with Crippen molar-refractivity contribution in [3.63, 3.8) is 0 Å². The highest BCUT2D eigenvalue weighted by molar-refractivity contribution is 5.83. The second kappa shape index (κ2) is 4.39. The smallest absolute Gasteiger partial charge is 0.397 e. The summed E-state index contributed by atoms with van der Waals surface area (Å²) in [5.74, 6) is 0.00129. The molecule has 82 valence electrons. The molecule has 1 aliphatic rings. The van der Waals surface area contributed by atoms with Gasteiger partial charge in [0.1, 0.15) is 0 Å². The lowest BCUT2D eigenvalue weighted by Crippen LogP contribution is -2.06. The predicted molar refractivity (Wildman–Crippen MR) is 48.4 cm³/mol. The third-order valence-corrected chi connectivity index (χ3v) is 2.19. The third kappa shape index (κ3) is 2.15. The van der Waals surface area contributed by atoms with Crippen molar-refractivity contribution in [2.75, 3.05) is 19.8 Å². The van der Waals surface area contributed by atoms with Gasteiger partial charge < -0.3 is 14.0 Å². The number of esters is 1. The Morgan fingerprint density at radius 2 is 2.53 bits per heavy atom. The molecular formula is C9H12N2O4.